The molecule has 0 aliphatic heterocycles. The van der Waals surface area contributed by atoms with Gasteiger partial charge < -0.3 is 4.98 Å². The summed E-state index contributed by atoms with van der Waals surface area (Å²) in [5.41, 5.74) is 3.30. The highest BCUT2D eigenvalue weighted by Gasteiger charge is 2.08. The average molecular weight is 242 g/mol. The molecule has 0 spiro atoms. The van der Waals surface area contributed by atoms with Crippen LogP contribution in [0.25, 0.3) is 21.6 Å². The van der Waals surface area contributed by atoms with Gasteiger partial charge in [0.25, 0.3) is 0 Å². The molecule has 0 unspecified atom stereocenters. The maximum atomic E-state index is 10.6. The highest BCUT2D eigenvalue weighted by molar-refractivity contribution is 7.16. The standard InChI is InChI=1S/C13H10N2OS/c1-8-3-2-4-9-5-11(15-12(8)9)13-14-6-10(7-16)17-13/h2-7,15H,1H3. The van der Waals surface area contributed by atoms with Crippen LogP contribution < -0.4 is 0 Å². The van der Waals surface area contributed by atoms with Gasteiger partial charge in [-0.25, -0.2) is 4.98 Å². The van der Waals surface area contributed by atoms with E-state index in [-0.39, 0.29) is 0 Å². The number of fused-ring (bicyclic) bond motifs is 1. The van der Waals surface area contributed by atoms with Crippen LogP contribution in [0, 0.1) is 6.92 Å². The summed E-state index contributed by atoms with van der Waals surface area (Å²) in [5.74, 6) is 0. The number of nitrogens with one attached hydrogen (secondary N) is 1. The Hall–Kier alpha value is -1.94. The van der Waals surface area contributed by atoms with E-state index in [0.717, 1.165) is 22.5 Å². The minimum absolute atomic E-state index is 0.648. The third kappa shape index (κ3) is 1.66. The van der Waals surface area contributed by atoms with E-state index in [0.29, 0.717) is 4.88 Å². The van der Waals surface area contributed by atoms with Crippen LogP contribution in [0.5, 0.6) is 0 Å². The van der Waals surface area contributed by atoms with E-state index in [4.69, 9.17) is 0 Å². The van der Waals surface area contributed by atoms with E-state index in [2.05, 4.69) is 35.1 Å². The summed E-state index contributed by atoms with van der Waals surface area (Å²) >= 11 is 1.40. The van der Waals surface area contributed by atoms with E-state index in [1.165, 1.54) is 22.3 Å². The van der Waals surface area contributed by atoms with Gasteiger partial charge in [0.15, 0.2) is 6.29 Å². The number of H-pyrrole nitrogens is 1. The summed E-state index contributed by atoms with van der Waals surface area (Å²) < 4.78 is 0. The Morgan fingerprint density at radius 3 is 3.00 bits per heavy atom. The predicted molar refractivity (Wildman–Crippen MR) is 69.5 cm³/mol. The highest BCUT2D eigenvalue weighted by Crippen LogP contribution is 2.28. The Morgan fingerprint density at radius 2 is 2.29 bits per heavy atom. The van der Waals surface area contributed by atoms with Gasteiger partial charge in [-0.1, -0.05) is 18.2 Å². The summed E-state index contributed by atoms with van der Waals surface area (Å²) in [7, 11) is 0. The third-order valence-electron chi connectivity index (χ3n) is 2.73. The van der Waals surface area contributed by atoms with Crippen molar-refractivity contribution >= 4 is 28.5 Å². The first-order valence-electron chi connectivity index (χ1n) is 5.27. The Balaban J connectivity index is 2.17. The Kier molecular flexibility index (Phi) is 2.30. The number of aromatic amines is 1. The lowest BCUT2D eigenvalue weighted by molar-refractivity contribution is 0.112. The number of carbonyl (C=O) groups is 1. The molecule has 3 rings (SSSR count). The van der Waals surface area contributed by atoms with Gasteiger partial charge in [-0.2, -0.15) is 0 Å². The lowest BCUT2D eigenvalue weighted by Gasteiger charge is -1.93. The number of hydrogen-bond acceptors (Lipinski definition) is 3. The van der Waals surface area contributed by atoms with Crippen molar-refractivity contribution in [1.29, 1.82) is 0 Å². The molecule has 0 atom stereocenters. The topological polar surface area (TPSA) is 45.8 Å². The molecule has 0 saturated carbocycles. The molecule has 2 heterocycles. The molecule has 0 saturated heterocycles. The molecule has 0 aliphatic rings. The van der Waals surface area contributed by atoms with Gasteiger partial charge in [0, 0.05) is 17.1 Å². The molecule has 0 aliphatic carbocycles. The van der Waals surface area contributed by atoms with E-state index in [9.17, 15) is 4.79 Å². The number of para-hydroxylation sites is 1. The van der Waals surface area contributed by atoms with E-state index >= 15 is 0 Å². The predicted octanol–water partition coefficient (Wildman–Crippen LogP) is 3.41. The summed E-state index contributed by atoms with van der Waals surface area (Å²) in [4.78, 5) is 18.9. The van der Waals surface area contributed by atoms with E-state index in [1.54, 1.807) is 6.20 Å². The van der Waals surface area contributed by atoms with Gasteiger partial charge in [-0.15, -0.1) is 11.3 Å². The number of thiazole rings is 1. The molecule has 3 nitrogen and oxygen atoms in total. The summed E-state index contributed by atoms with van der Waals surface area (Å²) in [6.07, 6.45) is 2.43. The number of benzene rings is 1. The number of rotatable bonds is 2. The molecule has 1 N–H and O–H groups in total. The van der Waals surface area contributed by atoms with Crippen LogP contribution in [0.4, 0.5) is 0 Å². The number of aldehydes is 1. The minimum atomic E-state index is 0.648. The van der Waals surface area contributed by atoms with Crippen LogP contribution in [-0.4, -0.2) is 16.3 Å². The molecule has 17 heavy (non-hydrogen) atoms. The summed E-state index contributed by atoms with van der Waals surface area (Å²) in [6, 6.07) is 8.24. The first kappa shape index (κ1) is 10.2. The fraction of sp³-hybridized carbons (Fsp3) is 0.0769. The second kappa shape index (κ2) is 3.82. The monoisotopic (exact) mass is 242 g/mol. The smallest absolute Gasteiger partial charge is 0.161 e. The zero-order valence-corrected chi connectivity index (χ0v) is 10.0. The van der Waals surface area contributed by atoms with Crippen molar-refractivity contribution in [2.45, 2.75) is 6.92 Å². The quantitative estimate of drug-likeness (QED) is 0.700. The molecule has 84 valence electrons. The van der Waals surface area contributed by atoms with Crippen LogP contribution in [0.1, 0.15) is 15.2 Å². The first-order chi connectivity index (χ1) is 8.28. The fourth-order valence-electron chi connectivity index (χ4n) is 1.89. The van der Waals surface area contributed by atoms with Gasteiger partial charge in [0.05, 0.1) is 10.6 Å². The summed E-state index contributed by atoms with van der Waals surface area (Å²) in [5, 5.41) is 2.02. The largest absolute Gasteiger partial charge is 0.352 e. The van der Waals surface area contributed by atoms with Gasteiger partial charge in [-0.3, -0.25) is 4.79 Å². The maximum Gasteiger partial charge on any atom is 0.161 e. The molecular weight excluding hydrogens is 232 g/mol. The van der Waals surface area contributed by atoms with Crippen LogP contribution in [0.3, 0.4) is 0 Å². The lowest BCUT2D eigenvalue weighted by atomic mass is 10.2. The third-order valence-corrected chi connectivity index (χ3v) is 3.69. The fourth-order valence-corrected chi connectivity index (χ4v) is 2.59. The van der Waals surface area contributed by atoms with Crippen molar-refractivity contribution in [2.75, 3.05) is 0 Å². The zero-order valence-electron chi connectivity index (χ0n) is 9.23. The number of hydrogen-bond donors (Lipinski definition) is 1. The Labute approximate surface area is 102 Å². The second-order valence-corrected chi connectivity index (χ2v) is 4.97. The first-order valence-corrected chi connectivity index (χ1v) is 6.09. The van der Waals surface area contributed by atoms with Crippen molar-refractivity contribution in [2.24, 2.45) is 0 Å². The number of aryl methyl sites for hydroxylation is 1. The average Bonchev–Trinajstić information content (AvgIpc) is 2.95. The van der Waals surface area contributed by atoms with Crippen LogP contribution >= 0.6 is 11.3 Å². The maximum absolute atomic E-state index is 10.6. The van der Waals surface area contributed by atoms with Crippen LogP contribution in [0.15, 0.2) is 30.5 Å². The number of carbonyl (C=O) groups excluding carboxylic acids is 1. The van der Waals surface area contributed by atoms with Crippen molar-refractivity contribution in [3.8, 4) is 10.7 Å². The van der Waals surface area contributed by atoms with E-state index < -0.39 is 0 Å². The van der Waals surface area contributed by atoms with Crippen molar-refractivity contribution < 1.29 is 4.79 Å². The van der Waals surface area contributed by atoms with Gasteiger partial charge in [-0.05, 0) is 18.6 Å². The van der Waals surface area contributed by atoms with Crippen molar-refractivity contribution in [3.63, 3.8) is 0 Å². The normalized spacial score (nSPS) is 10.9. The molecule has 0 bridgehead atoms. The lowest BCUT2D eigenvalue weighted by Crippen LogP contribution is -1.76. The molecule has 4 heteroatoms. The molecule has 0 fully saturated rings. The molecule has 0 amide bonds. The zero-order chi connectivity index (χ0) is 11.8. The second-order valence-electron chi connectivity index (χ2n) is 3.91. The van der Waals surface area contributed by atoms with Crippen LogP contribution in [0.2, 0.25) is 0 Å². The number of aromatic nitrogens is 2. The van der Waals surface area contributed by atoms with Crippen LogP contribution in [-0.2, 0) is 0 Å². The molecule has 2 aromatic heterocycles. The number of nitrogens with zero attached hydrogens (tertiary/aromatic N) is 1. The Bertz CT molecular complexity index is 696. The summed E-state index contributed by atoms with van der Waals surface area (Å²) in [6.45, 7) is 2.07. The highest BCUT2D eigenvalue weighted by atomic mass is 32.1. The Morgan fingerprint density at radius 1 is 1.41 bits per heavy atom. The van der Waals surface area contributed by atoms with Gasteiger partial charge in [0.2, 0.25) is 0 Å². The van der Waals surface area contributed by atoms with Crippen molar-refractivity contribution in [3.05, 3.63) is 40.9 Å². The molecule has 1 aromatic carbocycles. The van der Waals surface area contributed by atoms with Crippen molar-refractivity contribution in [1.82, 2.24) is 9.97 Å². The van der Waals surface area contributed by atoms with Gasteiger partial charge in [0.1, 0.15) is 5.01 Å². The van der Waals surface area contributed by atoms with E-state index in [1.807, 2.05) is 6.07 Å². The van der Waals surface area contributed by atoms with Gasteiger partial charge >= 0.3 is 0 Å². The molecule has 0 radical (unpaired) electrons. The molecular formula is C13H10N2OS. The molecule has 3 aromatic rings. The SMILES string of the molecule is Cc1cccc2cc(-c3ncc(C=O)s3)[nH]c12. The minimum Gasteiger partial charge on any atom is -0.352 e.